The summed E-state index contributed by atoms with van der Waals surface area (Å²) in [4.78, 5) is 13.9. The van der Waals surface area contributed by atoms with Crippen LogP contribution < -0.4 is 0 Å². The molecule has 0 amide bonds. The molecule has 15 heavy (non-hydrogen) atoms. The monoisotopic (exact) mass is 231 g/mol. The van der Waals surface area contributed by atoms with E-state index >= 15 is 0 Å². The fourth-order valence-electron chi connectivity index (χ4n) is 1.28. The number of Topliss-reactive ketones (excluding diaryl/α,β-unsaturated/α-hetero) is 1. The van der Waals surface area contributed by atoms with Gasteiger partial charge in [0.05, 0.1) is 5.75 Å². The average Bonchev–Trinajstić information content (AvgIpc) is 2.27. The molecular weight excluding hydrogens is 206 g/mol. The highest BCUT2D eigenvalue weighted by Crippen LogP contribution is 2.09. The van der Waals surface area contributed by atoms with Gasteiger partial charge in [0.25, 0.3) is 0 Å². The molecule has 0 aromatic heterocycles. The van der Waals surface area contributed by atoms with Crippen LogP contribution in [0, 0.1) is 5.92 Å². The third-order valence-corrected chi connectivity index (χ3v) is 3.81. The number of ketones is 1. The molecule has 1 atom stereocenters. The lowest BCUT2D eigenvalue weighted by Crippen LogP contribution is -2.25. The van der Waals surface area contributed by atoms with Gasteiger partial charge in [0.1, 0.15) is 5.78 Å². The molecule has 0 bridgehead atoms. The topological polar surface area (TPSA) is 20.3 Å². The van der Waals surface area contributed by atoms with Crippen molar-refractivity contribution in [2.45, 2.75) is 34.1 Å². The second-order valence-corrected chi connectivity index (χ2v) is 4.96. The number of rotatable bonds is 9. The lowest BCUT2D eigenvalue weighted by molar-refractivity contribution is -0.119. The lowest BCUT2D eigenvalue weighted by Gasteiger charge is -2.17. The van der Waals surface area contributed by atoms with E-state index in [9.17, 15) is 4.79 Å². The van der Waals surface area contributed by atoms with Gasteiger partial charge >= 0.3 is 0 Å². The molecule has 0 spiro atoms. The minimum Gasteiger partial charge on any atom is -0.303 e. The molecule has 0 N–H and O–H groups in total. The Hall–Kier alpha value is -0.0200. The maximum atomic E-state index is 11.5. The molecule has 0 aliphatic carbocycles. The summed E-state index contributed by atoms with van der Waals surface area (Å²) in [5.74, 6) is 2.41. The number of carbonyl (C=O) groups is 1. The number of carbonyl (C=O) groups excluding carboxylic acids is 1. The van der Waals surface area contributed by atoms with E-state index in [0.29, 0.717) is 11.5 Å². The van der Waals surface area contributed by atoms with Crippen molar-refractivity contribution in [1.82, 2.24) is 4.90 Å². The summed E-state index contributed by atoms with van der Waals surface area (Å²) in [6.45, 7) is 11.8. The Kier molecular flexibility index (Phi) is 9.21. The number of hydrogen-bond donors (Lipinski definition) is 0. The third-order valence-electron chi connectivity index (χ3n) is 2.85. The van der Waals surface area contributed by atoms with Gasteiger partial charge in [0, 0.05) is 18.2 Å². The third kappa shape index (κ3) is 6.96. The molecule has 3 heteroatoms. The summed E-state index contributed by atoms with van der Waals surface area (Å²) in [6, 6.07) is 0. The molecule has 0 aromatic carbocycles. The van der Waals surface area contributed by atoms with Crippen LogP contribution in [0.4, 0.5) is 0 Å². The number of hydrogen-bond acceptors (Lipinski definition) is 3. The maximum absolute atomic E-state index is 11.5. The highest BCUT2D eigenvalue weighted by Gasteiger charge is 2.10. The molecule has 0 saturated heterocycles. The van der Waals surface area contributed by atoms with Gasteiger partial charge in [0.15, 0.2) is 0 Å². The van der Waals surface area contributed by atoms with E-state index in [2.05, 4.69) is 25.7 Å². The highest BCUT2D eigenvalue weighted by atomic mass is 32.2. The van der Waals surface area contributed by atoms with E-state index < -0.39 is 0 Å². The zero-order chi connectivity index (χ0) is 11.7. The van der Waals surface area contributed by atoms with Crippen LogP contribution in [0.5, 0.6) is 0 Å². The number of thioether (sulfide) groups is 1. The first-order valence-electron chi connectivity index (χ1n) is 5.98. The average molecular weight is 231 g/mol. The standard InChI is InChI=1S/C12H25NOS/c1-5-11(4)12(14)10-15-9-8-13(6-2)7-3/h11H,5-10H2,1-4H3. The quantitative estimate of drug-likeness (QED) is 0.569. The molecule has 0 aliphatic rings. The van der Waals surface area contributed by atoms with E-state index in [-0.39, 0.29) is 5.92 Å². The van der Waals surface area contributed by atoms with Crippen LogP contribution in [0.3, 0.4) is 0 Å². The minimum absolute atomic E-state index is 0.242. The fraction of sp³-hybridized carbons (Fsp3) is 0.917. The van der Waals surface area contributed by atoms with Gasteiger partial charge in [-0.05, 0) is 19.5 Å². The second kappa shape index (κ2) is 9.22. The lowest BCUT2D eigenvalue weighted by atomic mass is 10.1. The van der Waals surface area contributed by atoms with Crippen molar-refractivity contribution >= 4 is 17.5 Å². The summed E-state index contributed by atoms with van der Waals surface area (Å²) >= 11 is 1.77. The molecule has 0 heterocycles. The largest absolute Gasteiger partial charge is 0.303 e. The van der Waals surface area contributed by atoms with Crippen molar-refractivity contribution in [3.05, 3.63) is 0 Å². The Bertz CT molecular complexity index is 169. The van der Waals surface area contributed by atoms with Crippen molar-refractivity contribution in [2.24, 2.45) is 5.92 Å². The van der Waals surface area contributed by atoms with E-state index in [1.807, 2.05) is 6.92 Å². The van der Waals surface area contributed by atoms with Crippen molar-refractivity contribution in [3.8, 4) is 0 Å². The van der Waals surface area contributed by atoms with E-state index in [4.69, 9.17) is 0 Å². The Balaban J connectivity index is 3.49. The van der Waals surface area contributed by atoms with Crippen LogP contribution in [-0.2, 0) is 4.79 Å². The van der Waals surface area contributed by atoms with Crippen LogP contribution in [0.1, 0.15) is 34.1 Å². The Labute approximate surface area is 98.8 Å². The summed E-state index contributed by atoms with van der Waals surface area (Å²) < 4.78 is 0. The molecule has 0 fully saturated rings. The molecule has 0 aromatic rings. The first-order valence-corrected chi connectivity index (χ1v) is 7.13. The summed E-state index contributed by atoms with van der Waals surface area (Å²) in [5, 5.41) is 0. The summed E-state index contributed by atoms with van der Waals surface area (Å²) in [6.07, 6.45) is 0.968. The predicted molar refractivity (Wildman–Crippen MR) is 69.6 cm³/mol. The Morgan fingerprint density at radius 2 is 1.87 bits per heavy atom. The van der Waals surface area contributed by atoms with Gasteiger partial charge in [-0.2, -0.15) is 11.8 Å². The van der Waals surface area contributed by atoms with Gasteiger partial charge in [-0.25, -0.2) is 0 Å². The molecular formula is C12H25NOS. The Morgan fingerprint density at radius 1 is 1.27 bits per heavy atom. The molecule has 0 aliphatic heterocycles. The van der Waals surface area contributed by atoms with E-state index in [1.54, 1.807) is 11.8 Å². The van der Waals surface area contributed by atoms with E-state index in [0.717, 1.165) is 31.8 Å². The van der Waals surface area contributed by atoms with Gasteiger partial charge in [-0.15, -0.1) is 0 Å². The molecule has 90 valence electrons. The SMILES string of the molecule is CCC(C)C(=O)CSCCN(CC)CC. The molecule has 0 radical (unpaired) electrons. The first-order chi connectivity index (χ1) is 7.15. The van der Waals surface area contributed by atoms with Crippen LogP contribution in [-0.4, -0.2) is 41.8 Å². The normalized spacial score (nSPS) is 13.1. The molecule has 0 saturated carbocycles. The zero-order valence-electron chi connectivity index (χ0n) is 10.6. The van der Waals surface area contributed by atoms with Crippen LogP contribution in [0.25, 0.3) is 0 Å². The first kappa shape index (κ1) is 15.0. The van der Waals surface area contributed by atoms with Crippen LogP contribution >= 0.6 is 11.8 Å². The van der Waals surface area contributed by atoms with Crippen molar-refractivity contribution in [2.75, 3.05) is 31.1 Å². The van der Waals surface area contributed by atoms with Crippen LogP contribution in [0.2, 0.25) is 0 Å². The van der Waals surface area contributed by atoms with Gasteiger partial charge in [-0.3, -0.25) is 4.79 Å². The van der Waals surface area contributed by atoms with Crippen molar-refractivity contribution in [3.63, 3.8) is 0 Å². The van der Waals surface area contributed by atoms with Gasteiger partial charge < -0.3 is 4.90 Å². The summed E-state index contributed by atoms with van der Waals surface area (Å²) in [7, 11) is 0. The Morgan fingerprint density at radius 3 is 2.33 bits per heavy atom. The smallest absolute Gasteiger partial charge is 0.145 e. The fourth-order valence-corrected chi connectivity index (χ4v) is 2.29. The van der Waals surface area contributed by atoms with Crippen molar-refractivity contribution in [1.29, 1.82) is 0 Å². The summed E-state index contributed by atoms with van der Waals surface area (Å²) in [5.41, 5.74) is 0. The highest BCUT2D eigenvalue weighted by molar-refractivity contribution is 7.99. The predicted octanol–water partition coefficient (Wildman–Crippen LogP) is 2.68. The zero-order valence-corrected chi connectivity index (χ0v) is 11.4. The minimum atomic E-state index is 0.242. The van der Waals surface area contributed by atoms with E-state index in [1.165, 1.54) is 0 Å². The number of nitrogens with zero attached hydrogens (tertiary/aromatic N) is 1. The van der Waals surface area contributed by atoms with Crippen LogP contribution in [0.15, 0.2) is 0 Å². The van der Waals surface area contributed by atoms with Gasteiger partial charge in [-0.1, -0.05) is 27.7 Å². The maximum Gasteiger partial charge on any atom is 0.145 e. The molecule has 1 unspecified atom stereocenters. The molecule has 2 nitrogen and oxygen atoms in total. The van der Waals surface area contributed by atoms with Crippen molar-refractivity contribution < 1.29 is 4.79 Å². The van der Waals surface area contributed by atoms with Gasteiger partial charge in [0.2, 0.25) is 0 Å². The molecule has 0 rings (SSSR count). The second-order valence-electron chi connectivity index (χ2n) is 3.86.